The second kappa shape index (κ2) is 7.46. The fourth-order valence-electron chi connectivity index (χ4n) is 2.54. The molecule has 0 amide bonds. The normalized spacial score (nSPS) is 20.4. The molecule has 0 saturated carbocycles. The molecule has 0 bridgehead atoms. The highest BCUT2D eigenvalue weighted by atomic mass is 16.5. The molecular weight excluding hydrogens is 240 g/mol. The zero-order valence-electron chi connectivity index (χ0n) is 11.7. The Labute approximate surface area is 115 Å². The molecule has 2 atom stereocenters. The van der Waals surface area contributed by atoms with Crippen LogP contribution >= 0.6 is 0 Å². The zero-order chi connectivity index (χ0) is 13.5. The van der Waals surface area contributed by atoms with E-state index in [9.17, 15) is 0 Å². The Kier molecular flexibility index (Phi) is 5.61. The predicted octanol–water partition coefficient (Wildman–Crippen LogP) is 2.31. The second-order valence-corrected chi connectivity index (χ2v) is 5.24. The lowest BCUT2D eigenvalue weighted by molar-refractivity contribution is 0.101. The van der Waals surface area contributed by atoms with Gasteiger partial charge in [0.1, 0.15) is 0 Å². The molecule has 1 aromatic heterocycles. The van der Waals surface area contributed by atoms with Gasteiger partial charge in [0, 0.05) is 24.9 Å². The monoisotopic (exact) mass is 264 g/mol. The number of rotatable bonds is 7. The number of nitrogens with two attached hydrogens (primary N) is 1. The summed E-state index contributed by atoms with van der Waals surface area (Å²) in [6.07, 6.45) is 8.98. The summed E-state index contributed by atoms with van der Waals surface area (Å²) >= 11 is 0. The van der Waals surface area contributed by atoms with Gasteiger partial charge in [-0.3, -0.25) is 0 Å². The summed E-state index contributed by atoms with van der Waals surface area (Å²) in [4.78, 5) is 4.20. The Morgan fingerprint density at radius 1 is 1.53 bits per heavy atom. The predicted molar refractivity (Wildman–Crippen MR) is 75.3 cm³/mol. The largest absolute Gasteiger partial charge is 0.481 e. The summed E-state index contributed by atoms with van der Waals surface area (Å²) in [6.45, 7) is 0.939. The molecule has 2 rings (SSSR count). The lowest BCUT2D eigenvalue weighted by Crippen LogP contribution is -2.23. The summed E-state index contributed by atoms with van der Waals surface area (Å²) in [5.41, 5.74) is 7.33. The molecule has 19 heavy (non-hydrogen) atoms. The lowest BCUT2D eigenvalue weighted by Gasteiger charge is -2.13. The molecule has 106 valence electrons. The molecule has 1 saturated heterocycles. The van der Waals surface area contributed by atoms with Crippen LogP contribution in [0.2, 0.25) is 0 Å². The van der Waals surface area contributed by atoms with Crippen LogP contribution in [0.15, 0.2) is 18.3 Å². The number of nitrogens with zero attached hydrogens (tertiary/aromatic N) is 1. The van der Waals surface area contributed by atoms with Crippen molar-refractivity contribution in [3.05, 3.63) is 23.9 Å². The van der Waals surface area contributed by atoms with Crippen molar-refractivity contribution < 1.29 is 9.47 Å². The standard InChI is InChI=1S/C15H24N2O2/c1-18-15-8-7-12(11-17-15)10-13(16)4-2-5-14-6-3-9-19-14/h7-8,11,13-14H,2-6,9-10,16H2,1H3. The molecular formula is C15H24N2O2. The van der Waals surface area contributed by atoms with Crippen LogP contribution in [0, 0.1) is 0 Å². The topological polar surface area (TPSA) is 57.4 Å². The molecule has 2 heterocycles. The minimum atomic E-state index is 0.205. The number of methoxy groups -OCH3 is 1. The van der Waals surface area contributed by atoms with Gasteiger partial charge in [-0.1, -0.05) is 6.07 Å². The fourth-order valence-corrected chi connectivity index (χ4v) is 2.54. The average Bonchev–Trinajstić information content (AvgIpc) is 2.93. The van der Waals surface area contributed by atoms with Crippen LogP contribution in [-0.2, 0) is 11.2 Å². The number of hydrogen-bond acceptors (Lipinski definition) is 4. The summed E-state index contributed by atoms with van der Waals surface area (Å²) in [5, 5.41) is 0. The number of ether oxygens (including phenoxy) is 2. The molecule has 1 aliphatic rings. The highest BCUT2D eigenvalue weighted by Crippen LogP contribution is 2.18. The van der Waals surface area contributed by atoms with Crippen molar-refractivity contribution in [3.63, 3.8) is 0 Å². The number of aromatic nitrogens is 1. The first-order valence-corrected chi connectivity index (χ1v) is 7.14. The van der Waals surface area contributed by atoms with E-state index in [-0.39, 0.29) is 6.04 Å². The first kappa shape index (κ1) is 14.3. The quantitative estimate of drug-likeness (QED) is 0.821. The Morgan fingerprint density at radius 3 is 3.05 bits per heavy atom. The van der Waals surface area contributed by atoms with Crippen molar-refractivity contribution in [2.45, 2.75) is 50.7 Å². The van der Waals surface area contributed by atoms with Crippen LogP contribution in [0.1, 0.15) is 37.7 Å². The average molecular weight is 264 g/mol. The van der Waals surface area contributed by atoms with Crippen molar-refractivity contribution in [2.24, 2.45) is 5.73 Å². The SMILES string of the molecule is COc1ccc(CC(N)CCCC2CCCO2)cn1. The van der Waals surface area contributed by atoms with Gasteiger partial charge in [0.15, 0.2) is 0 Å². The van der Waals surface area contributed by atoms with Gasteiger partial charge in [-0.25, -0.2) is 4.98 Å². The van der Waals surface area contributed by atoms with Crippen molar-refractivity contribution >= 4 is 0 Å². The molecule has 2 unspecified atom stereocenters. The van der Waals surface area contributed by atoms with E-state index in [0.29, 0.717) is 12.0 Å². The van der Waals surface area contributed by atoms with Crippen LogP contribution in [-0.4, -0.2) is 30.8 Å². The summed E-state index contributed by atoms with van der Waals surface area (Å²) < 4.78 is 10.7. The lowest BCUT2D eigenvalue weighted by atomic mass is 10.0. The van der Waals surface area contributed by atoms with Crippen molar-refractivity contribution in [1.82, 2.24) is 4.98 Å². The van der Waals surface area contributed by atoms with E-state index in [1.54, 1.807) is 7.11 Å². The minimum Gasteiger partial charge on any atom is -0.481 e. The fraction of sp³-hybridized carbons (Fsp3) is 0.667. The minimum absolute atomic E-state index is 0.205. The molecule has 2 N–H and O–H groups in total. The van der Waals surface area contributed by atoms with E-state index < -0.39 is 0 Å². The van der Waals surface area contributed by atoms with Gasteiger partial charge in [0.25, 0.3) is 0 Å². The number of pyridine rings is 1. The van der Waals surface area contributed by atoms with Crippen LogP contribution in [0.3, 0.4) is 0 Å². The van der Waals surface area contributed by atoms with E-state index in [0.717, 1.165) is 32.3 Å². The molecule has 0 aromatic carbocycles. The Balaban J connectivity index is 1.66. The first-order chi connectivity index (χ1) is 9.28. The van der Waals surface area contributed by atoms with Gasteiger partial charge in [-0.2, -0.15) is 0 Å². The van der Waals surface area contributed by atoms with E-state index >= 15 is 0 Å². The zero-order valence-corrected chi connectivity index (χ0v) is 11.7. The first-order valence-electron chi connectivity index (χ1n) is 7.14. The molecule has 0 radical (unpaired) electrons. The summed E-state index contributed by atoms with van der Waals surface area (Å²) in [7, 11) is 1.62. The Bertz CT molecular complexity index is 361. The third kappa shape index (κ3) is 4.80. The molecule has 1 aromatic rings. The third-order valence-corrected chi connectivity index (χ3v) is 3.63. The third-order valence-electron chi connectivity index (χ3n) is 3.63. The maximum atomic E-state index is 6.16. The summed E-state index contributed by atoms with van der Waals surface area (Å²) in [5.74, 6) is 0.649. The molecule has 0 aliphatic carbocycles. The Hall–Kier alpha value is -1.13. The highest BCUT2D eigenvalue weighted by Gasteiger charge is 2.15. The van der Waals surface area contributed by atoms with Crippen LogP contribution in [0.25, 0.3) is 0 Å². The van der Waals surface area contributed by atoms with Gasteiger partial charge < -0.3 is 15.2 Å². The molecule has 4 nitrogen and oxygen atoms in total. The second-order valence-electron chi connectivity index (χ2n) is 5.24. The highest BCUT2D eigenvalue weighted by molar-refractivity contribution is 5.18. The van der Waals surface area contributed by atoms with E-state index in [1.165, 1.54) is 18.4 Å². The van der Waals surface area contributed by atoms with Crippen molar-refractivity contribution in [1.29, 1.82) is 0 Å². The number of hydrogen-bond donors (Lipinski definition) is 1. The van der Waals surface area contributed by atoms with E-state index in [1.807, 2.05) is 18.3 Å². The summed E-state index contributed by atoms with van der Waals surface area (Å²) in [6, 6.07) is 4.12. The molecule has 4 heteroatoms. The van der Waals surface area contributed by atoms with Gasteiger partial charge in [-0.15, -0.1) is 0 Å². The molecule has 1 fully saturated rings. The van der Waals surface area contributed by atoms with Crippen molar-refractivity contribution in [2.75, 3.05) is 13.7 Å². The van der Waals surface area contributed by atoms with Gasteiger partial charge >= 0.3 is 0 Å². The smallest absolute Gasteiger partial charge is 0.212 e. The Morgan fingerprint density at radius 2 is 2.42 bits per heavy atom. The van der Waals surface area contributed by atoms with Crippen molar-refractivity contribution in [3.8, 4) is 5.88 Å². The van der Waals surface area contributed by atoms with Gasteiger partial charge in [0.05, 0.1) is 13.2 Å². The maximum absolute atomic E-state index is 6.16. The molecule has 1 aliphatic heterocycles. The van der Waals surface area contributed by atoms with Crippen LogP contribution < -0.4 is 10.5 Å². The van der Waals surface area contributed by atoms with Gasteiger partial charge in [0.2, 0.25) is 5.88 Å². The maximum Gasteiger partial charge on any atom is 0.212 e. The van der Waals surface area contributed by atoms with E-state index in [4.69, 9.17) is 15.2 Å². The van der Waals surface area contributed by atoms with Gasteiger partial charge in [-0.05, 0) is 44.1 Å². The van der Waals surface area contributed by atoms with E-state index in [2.05, 4.69) is 4.98 Å². The van der Waals surface area contributed by atoms with Crippen LogP contribution in [0.4, 0.5) is 0 Å². The van der Waals surface area contributed by atoms with Crippen LogP contribution in [0.5, 0.6) is 5.88 Å². The molecule has 0 spiro atoms.